The summed E-state index contributed by atoms with van der Waals surface area (Å²) in [6.45, 7) is 1.80. The second-order valence-corrected chi connectivity index (χ2v) is 7.41. The summed E-state index contributed by atoms with van der Waals surface area (Å²) in [6.07, 6.45) is 0.264. The van der Waals surface area contributed by atoms with Gasteiger partial charge in [0.15, 0.2) is 5.75 Å². The molecule has 2 rings (SSSR count). The average Bonchev–Trinajstić information content (AvgIpc) is 2.46. The van der Waals surface area contributed by atoms with Gasteiger partial charge < -0.3 is 20.7 Å². The summed E-state index contributed by atoms with van der Waals surface area (Å²) >= 11 is 4.30. The standard InChI is InChI=1S/C16H15I2NO4/c1-8-4-10(2-3-14(8)20)23-15-11(17)5-9(6-12(15)18)7-13(19)16(21)22/h2-6,13,20H,7,19H2,1H3,(H,21,22)/t13-/m1/s1. The van der Waals surface area contributed by atoms with E-state index in [0.29, 0.717) is 11.5 Å². The number of aliphatic carboxylic acids is 1. The normalized spacial score (nSPS) is 12.0. The molecule has 0 radical (unpaired) electrons. The Labute approximate surface area is 161 Å². The van der Waals surface area contributed by atoms with Crippen molar-refractivity contribution >= 4 is 51.2 Å². The van der Waals surface area contributed by atoms with E-state index in [1.807, 2.05) is 12.1 Å². The van der Waals surface area contributed by atoms with Crippen LogP contribution in [-0.4, -0.2) is 22.2 Å². The number of phenols is 1. The van der Waals surface area contributed by atoms with Crippen LogP contribution >= 0.6 is 45.2 Å². The third-order valence-electron chi connectivity index (χ3n) is 3.22. The fraction of sp³-hybridized carbons (Fsp3) is 0.188. The highest BCUT2D eigenvalue weighted by Gasteiger charge is 2.16. The summed E-state index contributed by atoms with van der Waals surface area (Å²) in [5.74, 6) is 0.532. The van der Waals surface area contributed by atoms with Crippen LogP contribution < -0.4 is 10.5 Å². The van der Waals surface area contributed by atoms with Crippen molar-refractivity contribution in [3.8, 4) is 17.2 Å². The number of ether oxygens (including phenoxy) is 1. The Morgan fingerprint density at radius 2 is 1.87 bits per heavy atom. The lowest BCUT2D eigenvalue weighted by molar-refractivity contribution is -0.138. The number of phenolic OH excluding ortho intramolecular Hbond substituents is 1. The zero-order chi connectivity index (χ0) is 17.1. The number of carboxylic acids is 1. The number of halogens is 2. The van der Waals surface area contributed by atoms with Gasteiger partial charge in [-0.25, -0.2) is 0 Å². The Kier molecular flexibility index (Phi) is 6.09. The minimum absolute atomic E-state index is 0.222. The molecule has 23 heavy (non-hydrogen) atoms. The summed E-state index contributed by atoms with van der Waals surface area (Å²) in [4.78, 5) is 10.9. The molecule has 122 valence electrons. The lowest BCUT2D eigenvalue weighted by Gasteiger charge is -2.14. The molecule has 2 aromatic carbocycles. The summed E-state index contributed by atoms with van der Waals surface area (Å²) in [6, 6.07) is 7.86. The Bertz CT molecular complexity index is 726. The summed E-state index contributed by atoms with van der Waals surface area (Å²) in [5, 5.41) is 18.5. The quantitative estimate of drug-likeness (QED) is 0.505. The van der Waals surface area contributed by atoms with Gasteiger partial charge in [0.25, 0.3) is 0 Å². The Morgan fingerprint density at radius 3 is 2.39 bits per heavy atom. The fourth-order valence-electron chi connectivity index (χ4n) is 1.98. The van der Waals surface area contributed by atoms with E-state index < -0.39 is 12.0 Å². The van der Waals surface area contributed by atoms with Crippen molar-refractivity contribution in [3.05, 3.63) is 48.6 Å². The van der Waals surface area contributed by atoms with Gasteiger partial charge in [0.2, 0.25) is 0 Å². The molecule has 0 saturated heterocycles. The Balaban J connectivity index is 2.26. The molecule has 0 bridgehead atoms. The lowest BCUT2D eigenvalue weighted by Crippen LogP contribution is -2.32. The van der Waals surface area contributed by atoms with Crippen LogP contribution in [0.25, 0.3) is 0 Å². The molecule has 4 N–H and O–H groups in total. The van der Waals surface area contributed by atoms with Crippen LogP contribution in [0.15, 0.2) is 30.3 Å². The van der Waals surface area contributed by atoms with Gasteiger partial charge in [-0.15, -0.1) is 0 Å². The smallest absolute Gasteiger partial charge is 0.320 e. The molecule has 5 nitrogen and oxygen atoms in total. The number of aryl methyl sites for hydroxylation is 1. The highest BCUT2D eigenvalue weighted by molar-refractivity contribution is 14.1. The summed E-state index contributed by atoms with van der Waals surface area (Å²) in [5.41, 5.74) is 7.16. The summed E-state index contributed by atoms with van der Waals surface area (Å²) in [7, 11) is 0. The van der Waals surface area contributed by atoms with Crippen LogP contribution in [0.1, 0.15) is 11.1 Å². The topological polar surface area (TPSA) is 92.8 Å². The first-order valence-electron chi connectivity index (χ1n) is 6.71. The van der Waals surface area contributed by atoms with Gasteiger partial charge in [0.1, 0.15) is 17.5 Å². The van der Waals surface area contributed by atoms with E-state index in [1.165, 1.54) is 0 Å². The number of hydrogen-bond donors (Lipinski definition) is 3. The number of aromatic hydroxyl groups is 1. The minimum Gasteiger partial charge on any atom is -0.508 e. The van der Waals surface area contributed by atoms with E-state index in [-0.39, 0.29) is 12.2 Å². The minimum atomic E-state index is -1.02. The average molecular weight is 539 g/mol. The molecule has 7 heteroatoms. The van der Waals surface area contributed by atoms with Gasteiger partial charge in [-0.2, -0.15) is 0 Å². The van der Waals surface area contributed by atoms with Crippen molar-refractivity contribution in [2.75, 3.05) is 0 Å². The van der Waals surface area contributed by atoms with Crippen molar-refractivity contribution in [1.29, 1.82) is 0 Å². The van der Waals surface area contributed by atoms with Crippen molar-refractivity contribution in [3.63, 3.8) is 0 Å². The molecule has 0 fully saturated rings. The molecule has 0 aromatic heterocycles. The van der Waals surface area contributed by atoms with E-state index >= 15 is 0 Å². The van der Waals surface area contributed by atoms with Crippen molar-refractivity contribution < 1.29 is 19.7 Å². The van der Waals surface area contributed by atoms with Crippen molar-refractivity contribution in [1.82, 2.24) is 0 Å². The predicted octanol–water partition coefficient (Wildman–Crippen LogP) is 3.66. The van der Waals surface area contributed by atoms with Crippen LogP contribution in [0.3, 0.4) is 0 Å². The molecular weight excluding hydrogens is 524 g/mol. The number of benzene rings is 2. The monoisotopic (exact) mass is 539 g/mol. The molecular formula is C16H15I2NO4. The largest absolute Gasteiger partial charge is 0.508 e. The van der Waals surface area contributed by atoms with Gasteiger partial charge in [0, 0.05) is 0 Å². The molecule has 0 heterocycles. The van der Waals surface area contributed by atoms with Crippen LogP contribution in [0.4, 0.5) is 0 Å². The zero-order valence-electron chi connectivity index (χ0n) is 12.2. The molecule has 0 spiro atoms. The Morgan fingerprint density at radius 1 is 1.26 bits per heavy atom. The second kappa shape index (κ2) is 7.67. The van der Waals surface area contributed by atoms with Crippen LogP contribution in [0.2, 0.25) is 0 Å². The van der Waals surface area contributed by atoms with Gasteiger partial charge in [-0.3, -0.25) is 4.79 Å². The first-order valence-corrected chi connectivity index (χ1v) is 8.87. The highest BCUT2D eigenvalue weighted by atomic mass is 127. The third kappa shape index (κ3) is 4.70. The molecule has 0 amide bonds. The Hall–Kier alpha value is -1.07. The van der Waals surface area contributed by atoms with E-state index in [1.54, 1.807) is 25.1 Å². The van der Waals surface area contributed by atoms with Gasteiger partial charge >= 0.3 is 5.97 Å². The molecule has 0 aliphatic rings. The van der Waals surface area contributed by atoms with Crippen LogP contribution in [0, 0.1) is 14.1 Å². The third-order valence-corrected chi connectivity index (χ3v) is 4.82. The maximum Gasteiger partial charge on any atom is 0.320 e. The number of carbonyl (C=O) groups is 1. The molecule has 2 aromatic rings. The number of carboxylic acid groups (broad SMARTS) is 1. The SMILES string of the molecule is Cc1cc(Oc2c(I)cc(C[C@@H](N)C(=O)O)cc2I)ccc1O. The van der Waals surface area contributed by atoms with Crippen molar-refractivity contribution in [2.24, 2.45) is 5.73 Å². The first-order chi connectivity index (χ1) is 10.8. The lowest BCUT2D eigenvalue weighted by atomic mass is 10.1. The maximum absolute atomic E-state index is 10.9. The zero-order valence-corrected chi connectivity index (χ0v) is 16.5. The number of rotatable bonds is 5. The van der Waals surface area contributed by atoms with E-state index in [9.17, 15) is 9.90 Å². The van der Waals surface area contributed by atoms with Gasteiger partial charge in [-0.1, -0.05) is 0 Å². The van der Waals surface area contributed by atoms with E-state index in [4.69, 9.17) is 15.6 Å². The molecule has 0 aliphatic heterocycles. The molecule has 0 saturated carbocycles. The fourth-order valence-corrected chi connectivity index (χ4v) is 4.10. The molecule has 1 atom stereocenters. The molecule has 0 unspecified atom stereocenters. The van der Waals surface area contributed by atoms with Crippen LogP contribution in [0.5, 0.6) is 17.2 Å². The highest BCUT2D eigenvalue weighted by Crippen LogP contribution is 2.34. The second-order valence-electron chi connectivity index (χ2n) is 5.09. The number of nitrogens with two attached hydrogens (primary N) is 1. The predicted molar refractivity (Wildman–Crippen MR) is 104 cm³/mol. The number of hydrogen-bond acceptors (Lipinski definition) is 4. The van der Waals surface area contributed by atoms with Gasteiger partial charge in [0.05, 0.1) is 7.14 Å². The van der Waals surface area contributed by atoms with Crippen molar-refractivity contribution in [2.45, 2.75) is 19.4 Å². The van der Waals surface area contributed by atoms with E-state index in [0.717, 1.165) is 18.3 Å². The van der Waals surface area contributed by atoms with Crippen LogP contribution in [-0.2, 0) is 11.2 Å². The van der Waals surface area contributed by atoms with E-state index in [2.05, 4.69) is 45.2 Å². The first kappa shape index (κ1) is 18.3. The summed E-state index contributed by atoms with van der Waals surface area (Å²) < 4.78 is 7.65. The maximum atomic E-state index is 10.9. The molecule has 0 aliphatic carbocycles. The van der Waals surface area contributed by atoms with Gasteiger partial charge in [-0.05, 0) is 100.0 Å².